The summed E-state index contributed by atoms with van der Waals surface area (Å²) < 4.78 is 5.39. The number of hydrogen-bond acceptors (Lipinski definition) is 4. The van der Waals surface area contributed by atoms with Gasteiger partial charge in [0.2, 0.25) is 11.8 Å². The van der Waals surface area contributed by atoms with Gasteiger partial charge in [-0.3, -0.25) is 4.79 Å². The van der Waals surface area contributed by atoms with Crippen LogP contribution in [0.4, 0.5) is 0 Å². The first-order valence-electron chi connectivity index (χ1n) is 6.96. The first kappa shape index (κ1) is 21.2. The van der Waals surface area contributed by atoms with E-state index in [1.54, 1.807) is 12.1 Å². The van der Waals surface area contributed by atoms with E-state index in [0.717, 1.165) is 19.5 Å². The number of halogens is 3. The molecule has 0 saturated carbocycles. The van der Waals surface area contributed by atoms with Crippen molar-refractivity contribution in [3.8, 4) is 5.88 Å². The molecule has 1 unspecified atom stereocenters. The van der Waals surface area contributed by atoms with Crippen LogP contribution in [0, 0.1) is 5.92 Å². The number of nitrogens with one attached hydrogen (secondary N) is 2. The molecule has 0 aromatic carbocycles. The summed E-state index contributed by atoms with van der Waals surface area (Å²) in [6, 6.07) is 3.43. The number of amides is 1. The summed E-state index contributed by atoms with van der Waals surface area (Å²) in [5.74, 6) is 1.25. The van der Waals surface area contributed by atoms with Crippen LogP contribution in [0.5, 0.6) is 5.88 Å². The van der Waals surface area contributed by atoms with Crippen molar-refractivity contribution in [1.82, 2.24) is 15.6 Å². The molecule has 1 aliphatic heterocycles. The Labute approximate surface area is 148 Å². The van der Waals surface area contributed by atoms with Gasteiger partial charge in [0.15, 0.2) is 0 Å². The molecule has 2 N–H and O–H groups in total. The third-order valence-electron chi connectivity index (χ3n) is 3.32. The molecule has 0 spiro atoms. The van der Waals surface area contributed by atoms with Crippen molar-refractivity contribution in [2.24, 2.45) is 5.92 Å². The van der Waals surface area contributed by atoms with Gasteiger partial charge in [-0.05, 0) is 37.9 Å². The predicted molar refractivity (Wildman–Crippen MR) is 92.5 cm³/mol. The second-order valence-corrected chi connectivity index (χ2v) is 5.35. The topological polar surface area (TPSA) is 63.2 Å². The van der Waals surface area contributed by atoms with Crippen LogP contribution in [0.1, 0.15) is 19.3 Å². The molecule has 0 bridgehead atoms. The maximum Gasteiger partial charge on any atom is 0.220 e. The maximum absolute atomic E-state index is 11.6. The van der Waals surface area contributed by atoms with Crippen molar-refractivity contribution < 1.29 is 9.53 Å². The van der Waals surface area contributed by atoms with Crippen LogP contribution >= 0.6 is 36.4 Å². The number of carbonyl (C=O) groups is 1. The van der Waals surface area contributed by atoms with Gasteiger partial charge >= 0.3 is 0 Å². The van der Waals surface area contributed by atoms with Crippen molar-refractivity contribution in [1.29, 1.82) is 0 Å². The molecule has 126 valence electrons. The van der Waals surface area contributed by atoms with Crippen LogP contribution in [0.3, 0.4) is 0 Å². The molecule has 1 aromatic rings. The average Bonchev–Trinajstić information content (AvgIpc) is 2.96. The van der Waals surface area contributed by atoms with Gasteiger partial charge in [-0.25, -0.2) is 4.98 Å². The molecule has 1 amide bonds. The van der Waals surface area contributed by atoms with Gasteiger partial charge < -0.3 is 15.4 Å². The zero-order valence-corrected chi connectivity index (χ0v) is 14.6. The molecule has 1 saturated heterocycles. The molecule has 5 nitrogen and oxygen atoms in total. The Morgan fingerprint density at radius 3 is 2.91 bits per heavy atom. The highest BCUT2D eigenvalue weighted by Crippen LogP contribution is 2.14. The number of nitrogens with zero attached hydrogens (tertiary/aromatic N) is 1. The molecule has 2 heterocycles. The van der Waals surface area contributed by atoms with Crippen molar-refractivity contribution in [2.75, 3.05) is 26.2 Å². The lowest BCUT2D eigenvalue weighted by Crippen LogP contribution is -2.28. The molecule has 0 radical (unpaired) electrons. The largest absolute Gasteiger partial charge is 0.476 e. The van der Waals surface area contributed by atoms with E-state index in [9.17, 15) is 4.79 Å². The molecular formula is C14H22Cl3N3O2. The Morgan fingerprint density at radius 1 is 1.45 bits per heavy atom. The molecular weight excluding hydrogens is 349 g/mol. The van der Waals surface area contributed by atoms with E-state index >= 15 is 0 Å². The van der Waals surface area contributed by atoms with Gasteiger partial charge in [-0.2, -0.15) is 0 Å². The second kappa shape index (κ2) is 11.8. The monoisotopic (exact) mass is 369 g/mol. The van der Waals surface area contributed by atoms with Crippen LogP contribution < -0.4 is 15.4 Å². The first-order valence-corrected chi connectivity index (χ1v) is 7.33. The molecule has 1 atom stereocenters. The number of pyridine rings is 1. The molecule has 1 fully saturated rings. The zero-order chi connectivity index (χ0) is 14.2. The van der Waals surface area contributed by atoms with Crippen LogP contribution in [0.25, 0.3) is 0 Å². The molecule has 22 heavy (non-hydrogen) atoms. The standard InChI is InChI=1S/C14H20ClN3O2.2ClH/c15-12-2-4-14(18-10-12)20-8-7-17-13(19)3-1-11-5-6-16-9-11;;/h2,4,10-11,16H,1,3,5-9H2,(H,17,19);2*1H. The number of hydrogen-bond donors (Lipinski definition) is 2. The van der Waals surface area contributed by atoms with Gasteiger partial charge in [-0.15, -0.1) is 24.8 Å². The van der Waals surface area contributed by atoms with E-state index in [2.05, 4.69) is 15.6 Å². The Morgan fingerprint density at radius 2 is 2.27 bits per heavy atom. The summed E-state index contributed by atoms with van der Waals surface area (Å²) in [6.45, 7) is 3.02. The van der Waals surface area contributed by atoms with E-state index in [1.807, 2.05) is 0 Å². The molecule has 0 aliphatic carbocycles. The minimum atomic E-state index is 0. The number of carbonyl (C=O) groups excluding carboxylic acids is 1. The number of ether oxygens (including phenoxy) is 1. The summed E-state index contributed by atoms with van der Waals surface area (Å²) in [7, 11) is 0. The summed E-state index contributed by atoms with van der Waals surface area (Å²) in [5, 5.41) is 6.73. The molecule has 8 heteroatoms. The van der Waals surface area contributed by atoms with E-state index in [4.69, 9.17) is 16.3 Å². The lowest BCUT2D eigenvalue weighted by molar-refractivity contribution is -0.121. The lowest BCUT2D eigenvalue weighted by atomic mass is 10.0. The minimum absolute atomic E-state index is 0. The highest BCUT2D eigenvalue weighted by Gasteiger charge is 2.15. The normalized spacial score (nSPS) is 16.3. The van der Waals surface area contributed by atoms with Gasteiger partial charge in [0.1, 0.15) is 6.61 Å². The molecule has 1 aliphatic rings. The van der Waals surface area contributed by atoms with Crippen LogP contribution in [0.2, 0.25) is 5.02 Å². The Balaban J connectivity index is 0.00000220. The SMILES string of the molecule is Cl.Cl.O=C(CCC1CCNC1)NCCOc1ccc(Cl)cn1. The fourth-order valence-corrected chi connectivity index (χ4v) is 2.29. The summed E-state index contributed by atoms with van der Waals surface area (Å²) in [5.41, 5.74) is 0. The van der Waals surface area contributed by atoms with Gasteiger partial charge in [0, 0.05) is 18.7 Å². The first-order chi connectivity index (χ1) is 9.74. The fourth-order valence-electron chi connectivity index (χ4n) is 2.18. The summed E-state index contributed by atoms with van der Waals surface area (Å²) in [4.78, 5) is 15.6. The average molecular weight is 371 g/mol. The summed E-state index contributed by atoms with van der Waals surface area (Å²) in [6.07, 6.45) is 4.26. The van der Waals surface area contributed by atoms with Crippen molar-refractivity contribution in [3.05, 3.63) is 23.4 Å². The third-order valence-corrected chi connectivity index (χ3v) is 3.54. The molecule has 1 aromatic heterocycles. The predicted octanol–water partition coefficient (Wildman–Crippen LogP) is 2.46. The smallest absolute Gasteiger partial charge is 0.220 e. The van der Waals surface area contributed by atoms with Crippen molar-refractivity contribution in [3.63, 3.8) is 0 Å². The lowest BCUT2D eigenvalue weighted by Gasteiger charge is -2.09. The van der Waals surface area contributed by atoms with E-state index in [-0.39, 0.29) is 30.7 Å². The van der Waals surface area contributed by atoms with E-state index in [0.29, 0.717) is 36.4 Å². The van der Waals surface area contributed by atoms with Gasteiger partial charge in [0.25, 0.3) is 0 Å². The minimum Gasteiger partial charge on any atom is -0.476 e. The highest BCUT2D eigenvalue weighted by molar-refractivity contribution is 6.30. The number of rotatable bonds is 7. The maximum atomic E-state index is 11.6. The van der Waals surface area contributed by atoms with Crippen LogP contribution in [-0.2, 0) is 4.79 Å². The Kier molecular flexibility index (Phi) is 11.4. The molecule has 2 rings (SSSR count). The van der Waals surface area contributed by atoms with Crippen LogP contribution in [-0.4, -0.2) is 37.1 Å². The third kappa shape index (κ3) is 8.03. The van der Waals surface area contributed by atoms with Crippen molar-refractivity contribution >= 4 is 42.3 Å². The zero-order valence-electron chi connectivity index (χ0n) is 12.2. The Bertz CT molecular complexity index is 426. The van der Waals surface area contributed by atoms with Crippen LogP contribution in [0.15, 0.2) is 18.3 Å². The highest BCUT2D eigenvalue weighted by atomic mass is 35.5. The summed E-state index contributed by atoms with van der Waals surface area (Å²) >= 11 is 5.72. The quantitative estimate of drug-likeness (QED) is 0.724. The second-order valence-electron chi connectivity index (χ2n) is 4.91. The van der Waals surface area contributed by atoms with E-state index in [1.165, 1.54) is 12.6 Å². The van der Waals surface area contributed by atoms with Crippen molar-refractivity contribution in [2.45, 2.75) is 19.3 Å². The number of aromatic nitrogens is 1. The Hall–Kier alpha value is -0.750. The van der Waals surface area contributed by atoms with E-state index < -0.39 is 0 Å². The van der Waals surface area contributed by atoms with Gasteiger partial charge in [0.05, 0.1) is 11.6 Å². The van der Waals surface area contributed by atoms with Gasteiger partial charge in [-0.1, -0.05) is 11.6 Å². The fraction of sp³-hybridized carbons (Fsp3) is 0.571.